The summed E-state index contributed by atoms with van der Waals surface area (Å²) in [5, 5.41) is 6.34. The molecular formula is C11H18N4O. The molecule has 2 heterocycles. The second kappa shape index (κ2) is 5.09. The zero-order chi connectivity index (χ0) is 11.4. The van der Waals surface area contributed by atoms with Crippen molar-refractivity contribution in [3.63, 3.8) is 0 Å². The van der Waals surface area contributed by atoms with E-state index in [-0.39, 0.29) is 5.91 Å². The highest BCUT2D eigenvalue weighted by Gasteiger charge is 2.22. The third-order valence-corrected chi connectivity index (χ3v) is 3.33. The monoisotopic (exact) mass is 222 g/mol. The van der Waals surface area contributed by atoms with Crippen molar-refractivity contribution in [1.29, 1.82) is 0 Å². The predicted molar refractivity (Wildman–Crippen MR) is 59.9 cm³/mol. The Bertz CT molecular complexity index is 336. The van der Waals surface area contributed by atoms with Crippen LogP contribution in [0.4, 0.5) is 0 Å². The Morgan fingerprint density at radius 3 is 3.12 bits per heavy atom. The van der Waals surface area contributed by atoms with Crippen molar-refractivity contribution in [2.24, 2.45) is 5.92 Å². The van der Waals surface area contributed by atoms with Crippen LogP contribution in [0, 0.1) is 5.92 Å². The second-order valence-electron chi connectivity index (χ2n) is 4.33. The normalized spacial score (nSPS) is 21.8. The molecule has 1 unspecified atom stereocenters. The molecular weight excluding hydrogens is 204 g/mol. The summed E-state index contributed by atoms with van der Waals surface area (Å²) in [5.41, 5.74) is 0. The minimum Gasteiger partial charge on any atom is -0.336 e. The predicted octanol–water partition coefficient (Wildman–Crippen LogP) is 1.46. The van der Waals surface area contributed by atoms with Gasteiger partial charge in [-0.05, 0) is 25.2 Å². The van der Waals surface area contributed by atoms with E-state index in [1.807, 2.05) is 4.90 Å². The van der Waals surface area contributed by atoms with Crippen LogP contribution in [0.2, 0.25) is 0 Å². The number of aromatic nitrogens is 3. The first-order valence-corrected chi connectivity index (χ1v) is 5.96. The first kappa shape index (κ1) is 11.1. The second-order valence-corrected chi connectivity index (χ2v) is 4.33. The average molecular weight is 222 g/mol. The Balaban J connectivity index is 1.97. The maximum Gasteiger partial charge on any atom is 0.291 e. The maximum absolute atomic E-state index is 12.0. The minimum atomic E-state index is -0.0192. The first-order chi connectivity index (χ1) is 7.81. The van der Waals surface area contributed by atoms with Gasteiger partial charge in [0.2, 0.25) is 5.82 Å². The number of likely N-dealkylation sites (tertiary alicyclic amines) is 1. The minimum absolute atomic E-state index is 0.0192. The number of H-pyrrole nitrogens is 1. The van der Waals surface area contributed by atoms with Gasteiger partial charge in [0.1, 0.15) is 6.33 Å². The van der Waals surface area contributed by atoms with E-state index in [9.17, 15) is 4.79 Å². The summed E-state index contributed by atoms with van der Waals surface area (Å²) in [5.74, 6) is 1.11. The van der Waals surface area contributed by atoms with E-state index >= 15 is 0 Å². The molecule has 0 radical (unpaired) electrons. The fraction of sp³-hybridized carbons (Fsp3) is 0.727. The third-order valence-electron chi connectivity index (χ3n) is 3.33. The summed E-state index contributed by atoms with van der Waals surface area (Å²) in [7, 11) is 0. The highest BCUT2D eigenvalue weighted by atomic mass is 16.2. The quantitative estimate of drug-likeness (QED) is 0.824. The Morgan fingerprint density at radius 2 is 2.44 bits per heavy atom. The molecule has 1 atom stereocenters. The molecule has 0 saturated carbocycles. The van der Waals surface area contributed by atoms with E-state index in [1.165, 1.54) is 19.2 Å². The van der Waals surface area contributed by atoms with E-state index < -0.39 is 0 Å². The van der Waals surface area contributed by atoms with Gasteiger partial charge >= 0.3 is 0 Å². The summed E-state index contributed by atoms with van der Waals surface area (Å²) < 4.78 is 0. The maximum atomic E-state index is 12.0. The number of rotatable bonds is 2. The molecule has 0 aliphatic carbocycles. The van der Waals surface area contributed by atoms with Crippen LogP contribution < -0.4 is 0 Å². The van der Waals surface area contributed by atoms with Crippen LogP contribution in [0.3, 0.4) is 0 Å². The van der Waals surface area contributed by atoms with Crippen LogP contribution in [0.25, 0.3) is 0 Å². The molecule has 0 bridgehead atoms. The van der Waals surface area contributed by atoms with Gasteiger partial charge in [-0.1, -0.05) is 13.3 Å². The van der Waals surface area contributed by atoms with Crippen molar-refractivity contribution < 1.29 is 4.79 Å². The summed E-state index contributed by atoms with van der Waals surface area (Å²) in [4.78, 5) is 17.8. The summed E-state index contributed by atoms with van der Waals surface area (Å²) >= 11 is 0. The van der Waals surface area contributed by atoms with Crippen LogP contribution in [0.5, 0.6) is 0 Å². The lowest BCUT2D eigenvalue weighted by Gasteiger charge is -2.18. The van der Waals surface area contributed by atoms with Gasteiger partial charge in [-0.25, -0.2) is 4.98 Å². The van der Waals surface area contributed by atoms with Gasteiger partial charge in [0.05, 0.1) is 0 Å². The molecule has 1 aliphatic heterocycles. The van der Waals surface area contributed by atoms with Gasteiger partial charge in [0.25, 0.3) is 5.91 Å². The van der Waals surface area contributed by atoms with Crippen molar-refractivity contribution in [3.05, 3.63) is 12.2 Å². The Hall–Kier alpha value is -1.39. The summed E-state index contributed by atoms with van der Waals surface area (Å²) in [6, 6.07) is 0. The number of amides is 1. The molecule has 1 amide bonds. The van der Waals surface area contributed by atoms with Crippen LogP contribution in [-0.2, 0) is 0 Å². The lowest BCUT2D eigenvalue weighted by atomic mass is 9.98. The molecule has 1 aromatic rings. The molecule has 0 aromatic carbocycles. The number of carbonyl (C=O) groups excluding carboxylic acids is 1. The van der Waals surface area contributed by atoms with Gasteiger partial charge in [-0.2, -0.15) is 5.10 Å². The zero-order valence-electron chi connectivity index (χ0n) is 9.65. The Morgan fingerprint density at radius 1 is 1.56 bits per heavy atom. The van der Waals surface area contributed by atoms with Crippen LogP contribution in [-0.4, -0.2) is 39.1 Å². The van der Waals surface area contributed by atoms with Crippen molar-refractivity contribution in [1.82, 2.24) is 20.1 Å². The van der Waals surface area contributed by atoms with Gasteiger partial charge in [0, 0.05) is 13.1 Å². The van der Waals surface area contributed by atoms with Gasteiger partial charge in [-0.3, -0.25) is 9.89 Å². The molecule has 5 heteroatoms. The van der Waals surface area contributed by atoms with Gasteiger partial charge < -0.3 is 4.90 Å². The standard InChI is InChI=1S/C11H18N4O/c1-2-9-4-3-6-15(7-5-9)11(16)10-12-8-13-14-10/h8-9H,2-7H2,1H3,(H,12,13,14). The Kier molecular flexibility index (Phi) is 3.54. The highest BCUT2D eigenvalue weighted by Crippen LogP contribution is 2.20. The first-order valence-electron chi connectivity index (χ1n) is 5.96. The van der Waals surface area contributed by atoms with Crippen LogP contribution in [0.1, 0.15) is 43.2 Å². The molecule has 88 valence electrons. The largest absolute Gasteiger partial charge is 0.336 e. The smallest absolute Gasteiger partial charge is 0.291 e. The summed E-state index contributed by atoms with van der Waals surface area (Å²) in [6.07, 6.45) is 6.02. The van der Waals surface area contributed by atoms with Gasteiger partial charge in [-0.15, -0.1) is 0 Å². The molecule has 5 nitrogen and oxygen atoms in total. The topological polar surface area (TPSA) is 61.9 Å². The molecule has 0 spiro atoms. The zero-order valence-corrected chi connectivity index (χ0v) is 9.65. The fourth-order valence-electron chi connectivity index (χ4n) is 2.24. The number of nitrogens with zero attached hydrogens (tertiary/aromatic N) is 3. The van der Waals surface area contributed by atoms with Crippen LogP contribution in [0.15, 0.2) is 6.33 Å². The SMILES string of the molecule is CCC1CCCN(C(=O)c2ncn[nH]2)CC1. The fourth-order valence-corrected chi connectivity index (χ4v) is 2.24. The van der Waals surface area contributed by atoms with E-state index in [1.54, 1.807) is 0 Å². The van der Waals surface area contributed by atoms with Crippen molar-refractivity contribution in [3.8, 4) is 0 Å². The molecule has 1 aliphatic rings. The molecule has 16 heavy (non-hydrogen) atoms. The van der Waals surface area contributed by atoms with Crippen LogP contribution >= 0.6 is 0 Å². The van der Waals surface area contributed by atoms with E-state index in [2.05, 4.69) is 22.1 Å². The number of hydrogen-bond acceptors (Lipinski definition) is 3. The summed E-state index contributed by atoms with van der Waals surface area (Å²) in [6.45, 7) is 3.91. The number of hydrogen-bond donors (Lipinski definition) is 1. The molecule has 1 aromatic heterocycles. The average Bonchev–Trinajstić information content (AvgIpc) is 2.73. The lowest BCUT2D eigenvalue weighted by Crippen LogP contribution is -2.32. The van der Waals surface area contributed by atoms with Crippen molar-refractivity contribution in [2.45, 2.75) is 32.6 Å². The van der Waals surface area contributed by atoms with Gasteiger partial charge in [0.15, 0.2) is 0 Å². The molecule has 1 fully saturated rings. The molecule has 1 N–H and O–H groups in total. The van der Waals surface area contributed by atoms with E-state index in [0.717, 1.165) is 31.8 Å². The number of carbonyl (C=O) groups is 1. The third kappa shape index (κ3) is 2.40. The van der Waals surface area contributed by atoms with Crippen molar-refractivity contribution in [2.75, 3.05) is 13.1 Å². The van der Waals surface area contributed by atoms with Crippen molar-refractivity contribution >= 4 is 5.91 Å². The number of nitrogens with one attached hydrogen (secondary N) is 1. The lowest BCUT2D eigenvalue weighted by molar-refractivity contribution is 0.0748. The number of aromatic amines is 1. The molecule has 1 saturated heterocycles. The molecule has 2 rings (SSSR count). The van der Waals surface area contributed by atoms with E-state index in [4.69, 9.17) is 0 Å². The highest BCUT2D eigenvalue weighted by molar-refractivity contribution is 5.90. The van der Waals surface area contributed by atoms with E-state index in [0.29, 0.717) is 5.82 Å². The Labute approximate surface area is 95.2 Å².